The van der Waals surface area contributed by atoms with Gasteiger partial charge in [-0.15, -0.1) is 0 Å². The van der Waals surface area contributed by atoms with E-state index in [1.807, 2.05) is 0 Å². The fourth-order valence-corrected chi connectivity index (χ4v) is 5.08. The van der Waals surface area contributed by atoms with Crippen LogP contribution in [0.15, 0.2) is 65.9 Å². The molecule has 0 saturated carbocycles. The third-order valence-electron chi connectivity index (χ3n) is 6.15. The number of hydrogen-bond donors (Lipinski definition) is 1. The summed E-state index contributed by atoms with van der Waals surface area (Å²) in [5.74, 6) is -5.98. The van der Waals surface area contributed by atoms with Crippen molar-refractivity contribution in [2.24, 2.45) is 5.92 Å². The summed E-state index contributed by atoms with van der Waals surface area (Å²) in [4.78, 5) is 37.9. The van der Waals surface area contributed by atoms with E-state index in [9.17, 15) is 24.8 Å². The molecule has 0 saturated heterocycles. The maximum Gasteiger partial charge on any atom is 0.338 e. The van der Waals surface area contributed by atoms with E-state index in [0.29, 0.717) is 16.7 Å². The number of methoxy groups -OCH3 is 2. The molecule has 4 atom stereocenters. The number of nitrogens with zero attached hydrogens (tertiary/aromatic N) is 1. The van der Waals surface area contributed by atoms with Crippen molar-refractivity contribution >= 4 is 11.9 Å². The van der Waals surface area contributed by atoms with Crippen LogP contribution in [0, 0.1) is 16.0 Å². The predicted molar refractivity (Wildman–Crippen MR) is 104 cm³/mol. The highest BCUT2D eigenvalue weighted by Crippen LogP contribution is 2.66. The lowest BCUT2D eigenvalue weighted by atomic mass is 9.62. The Labute approximate surface area is 171 Å². The van der Waals surface area contributed by atoms with Gasteiger partial charge in [0, 0.05) is 10.5 Å². The summed E-state index contributed by atoms with van der Waals surface area (Å²) >= 11 is 0. The summed E-state index contributed by atoms with van der Waals surface area (Å²) in [7, 11) is 2.26. The first-order chi connectivity index (χ1) is 14.4. The van der Waals surface area contributed by atoms with Gasteiger partial charge in [0.05, 0.1) is 31.6 Å². The molecule has 154 valence electrons. The predicted octanol–water partition coefficient (Wildman–Crippen LogP) is 2.83. The molecule has 2 aromatic rings. The van der Waals surface area contributed by atoms with Crippen LogP contribution in [0.1, 0.15) is 28.5 Å². The number of ether oxygens (including phenoxy) is 2. The second kappa shape index (κ2) is 6.98. The summed E-state index contributed by atoms with van der Waals surface area (Å²) in [6.45, 7) is 0. The van der Waals surface area contributed by atoms with Gasteiger partial charge < -0.3 is 14.6 Å². The highest BCUT2D eigenvalue weighted by atomic mass is 16.6. The SMILES string of the molecule is COC(=O)C1=C(O)C(C(=O)OC)C2c3ccccc3C1C2(c1ccccc1)[N+](=O)[O-]. The smallest absolute Gasteiger partial charge is 0.338 e. The molecule has 0 aliphatic heterocycles. The lowest BCUT2D eigenvalue weighted by molar-refractivity contribution is -0.588. The number of fused-ring (bicyclic) bond motifs is 5. The summed E-state index contributed by atoms with van der Waals surface area (Å²) < 4.78 is 9.75. The molecule has 2 aliphatic rings. The molecular formula is C22H19NO7. The first-order valence-electron chi connectivity index (χ1n) is 9.29. The van der Waals surface area contributed by atoms with Gasteiger partial charge >= 0.3 is 11.9 Å². The molecule has 0 amide bonds. The lowest BCUT2D eigenvalue weighted by Crippen LogP contribution is -2.51. The van der Waals surface area contributed by atoms with Gasteiger partial charge in [0.25, 0.3) is 5.54 Å². The van der Waals surface area contributed by atoms with Gasteiger partial charge in [-0.2, -0.15) is 0 Å². The average molecular weight is 409 g/mol. The first kappa shape index (κ1) is 19.6. The van der Waals surface area contributed by atoms with Crippen molar-refractivity contribution in [3.63, 3.8) is 0 Å². The van der Waals surface area contributed by atoms with Gasteiger partial charge in [-0.05, 0) is 11.1 Å². The maximum atomic E-state index is 12.8. The van der Waals surface area contributed by atoms with Crippen molar-refractivity contribution in [1.82, 2.24) is 0 Å². The standard InChI is InChI=1S/C22H19NO7/c1-29-20(25)15-17-13-10-6-7-11-14(13)18(16(19(15)24)21(26)30-2)22(17,23(27)28)12-8-4-3-5-9-12/h3-11,15,17-18,24H,1-2H3. The van der Waals surface area contributed by atoms with E-state index < -0.39 is 45.9 Å². The monoisotopic (exact) mass is 409 g/mol. The van der Waals surface area contributed by atoms with Gasteiger partial charge in [0.1, 0.15) is 11.7 Å². The minimum absolute atomic E-state index is 0.297. The molecule has 30 heavy (non-hydrogen) atoms. The fraction of sp³-hybridized carbons (Fsp3) is 0.273. The Bertz CT molecular complexity index is 1080. The molecule has 4 unspecified atom stereocenters. The highest BCUT2D eigenvalue weighted by molar-refractivity contribution is 5.95. The Morgan fingerprint density at radius 3 is 2.17 bits per heavy atom. The molecule has 0 radical (unpaired) electrons. The molecule has 0 heterocycles. The van der Waals surface area contributed by atoms with E-state index in [1.165, 1.54) is 0 Å². The topological polar surface area (TPSA) is 116 Å². The Balaban J connectivity index is 2.17. The third-order valence-corrected chi connectivity index (χ3v) is 6.15. The molecule has 8 nitrogen and oxygen atoms in total. The second-order valence-corrected chi connectivity index (χ2v) is 7.28. The number of benzene rings is 2. The van der Waals surface area contributed by atoms with Crippen molar-refractivity contribution in [3.8, 4) is 0 Å². The van der Waals surface area contributed by atoms with E-state index in [2.05, 4.69) is 0 Å². The van der Waals surface area contributed by atoms with Crippen LogP contribution in [0.25, 0.3) is 0 Å². The van der Waals surface area contributed by atoms with Crippen LogP contribution in [-0.4, -0.2) is 36.2 Å². The van der Waals surface area contributed by atoms with Crippen LogP contribution in [0.4, 0.5) is 0 Å². The Morgan fingerprint density at radius 1 is 1.00 bits per heavy atom. The molecule has 0 aromatic heterocycles. The molecule has 2 bridgehead atoms. The van der Waals surface area contributed by atoms with E-state index >= 15 is 0 Å². The van der Waals surface area contributed by atoms with Crippen LogP contribution in [-0.2, 0) is 24.6 Å². The quantitative estimate of drug-likeness (QED) is 0.469. The van der Waals surface area contributed by atoms with Crippen molar-refractivity contribution in [2.45, 2.75) is 17.4 Å². The van der Waals surface area contributed by atoms with Crippen LogP contribution in [0.2, 0.25) is 0 Å². The van der Waals surface area contributed by atoms with E-state index in [4.69, 9.17) is 9.47 Å². The van der Waals surface area contributed by atoms with Crippen LogP contribution in [0.3, 0.4) is 0 Å². The molecule has 1 N–H and O–H groups in total. The number of hydrogen-bond acceptors (Lipinski definition) is 7. The lowest BCUT2D eigenvalue weighted by Gasteiger charge is -2.40. The van der Waals surface area contributed by atoms with Crippen molar-refractivity contribution in [2.75, 3.05) is 14.2 Å². The van der Waals surface area contributed by atoms with Crippen molar-refractivity contribution in [3.05, 3.63) is 92.7 Å². The minimum atomic E-state index is -1.90. The molecular weight excluding hydrogens is 390 g/mol. The van der Waals surface area contributed by atoms with Crippen LogP contribution < -0.4 is 0 Å². The zero-order valence-electron chi connectivity index (χ0n) is 16.3. The number of nitro groups is 1. The van der Waals surface area contributed by atoms with Gasteiger partial charge in [-0.3, -0.25) is 14.9 Å². The zero-order valence-corrected chi connectivity index (χ0v) is 16.3. The van der Waals surface area contributed by atoms with Crippen LogP contribution >= 0.6 is 0 Å². The molecule has 8 heteroatoms. The minimum Gasteiger partial charge on any atom is -0.511 e. The molecule has 0 fully saturated rings. The van der Waals surface area contributed by atoms with Gasteiger partial charge in [-0.1, -0.05) is 54.6 Å². The number of carbonyl (C=O) groups excluding carboxylic acids is 2. The number of aliphatic hydroxyl groups excluding tert-OH is 1. The molecule has 2 aliphatic carbocycles. The van der Waals surface area contributed by atoms with Gasteiger partial charge in [0.2, 0.25) is 0 Å². The van der Waals surface area contributed by atoms with Gasteiger partial charge in [0.15, 0.2) is 0 Å². The van der Waals surface area contributed by atoms with Gasteiger partial charge in [-0.25, -0.2) is 4.79 Å². The molecule has 0 spiro atoms. The largest absolute Gasteiger partial charge is 0.511 e. The van der Waals surface area contributed by atoms with Crippen molar-refractivity contribution < 1.29 is 29.1 Å². The zero-order chi connectivity index (χ0) is 21.6. The van der Waals surface area contributed by atoms with E-state index in [1.54, 1.807) is 54.6 Å². The number of esters is 2. The normalized spacial score (nSPS) is 26.7. The summed E-state index contributed by atoms with van der Waals surface area (Å²) in [5.41, 5.74) is -0.858. The second-order valence-electron chi connectivity index (χ2n) is 7.28. The summed E-state index contributed by atoms with van der Waals surface area (Å²) in [6, 6.07) is 15.0. The number of aliphatic hydroxyl groups is 1. The van der Waals surface area contributed by atoms with E-state index in [-0.39, 0.29) is 5.57 Å². The molecule has 2 aromatic carbocycles. The summed E-state index contributed by atoms with van der Waals surface area (Å²) in [5, 5.41) is 23.8. The molecule has 4 rings (SSSR count). The Morgan fingerprint density at radius 2 is 1.60 bits per heavy atom. The third kappa shape index (κ3) is 2.33. The fourth-order valence-electron chi connectivity index (χ4n) is 5.08. The van der Waals surface area contributed by atoms with Crippen molar-refractivity contribution in [1.29, 1.82) is 0 Å². The number of rotatable bonds is 4. The van der Waals surface area contributed by atoms with Crippen LogP contribution in [0.5, 0.6) is 0 Å². The van der Waals surface area contributed by atoms with E-state index in [0.717, 1.165) is 14.2 Å². The maximum absolute atomic E-state index is 12.8. The summed E-state index contributed by atoms with van der Waals surface area (Å²) in [6.07, 6.45) is 0. The highest BCUT2D eigenvalue weighted by Gasteiger charge is 2.73. The average Bonchev–Trinajstić information content (AvgIpc) is 3.00. The first-order valence-corrected chi connectivity index (χ1v) is 9.29. The number of carbonyl (C=O) groups is 2. The Hall–Kier alpha value is -3.68. The Kier molecular flexibility index (Phi) is 4.57.